The summed E-state index contributed by atoms with van der Waals surface area (Å²) in [5.41, 5.74) is 5.59. The molecule has 4 rings (SSSR count). The third-order valence-corrected chi connectivity index (χ3v) is 6.72. The van der Waals surface area contributed by atoms with Gasteiger partial charge < -0.3 is 4.90 Å². The maximum Gasteiger partial charge on any atom is 0.471 e. The third kappa shape index (κ3) is 5.63. The van der Waals surface area contributed by atoms with Crippen LogP contribution in [0.15, 0.2) is 42.9 Å². The number of hydrogen-bond acceptors (Lipinski definition) is 5. The van der Waals surface area contributed by atoms with E-state index >= 15 is 0 Å². The maximum absolute atomic E-state index is 13.0. The molecule has 0 saturated heterocycles. The van der Waals surface area contributed by atoms with Crippen LogP contribution < -0.4 is 0 Å². The Bertz CT molecular complexity index is 1360. The first-order valence-corrected chi connectivity index (χ1v) is 12.0. The fraction of sp³-hybridized carbons (Fsp3) is 0.370. The van der Waals surface area contributed by atoms with Crippen molar-refractivity contribution < 1.29 is 22.8 Å². The second-order valence-corrected chi connectivity index (χ2v) is 9.43. The van der Waals surface area contributed by atoms with Gasteiger partial charge >= 0.3 is 12.1 Å². The van der Waals surface area contributed by atoms with Gasteiger partial charge in [0.2, 0.25) is 0 Å². The molecule has 0 bridgehead atoms. The van der Waals surface area contributed by atoms with E-state index in [2.05, 4.69) is 15.1 Å². The molecule has 3 heterocycles. The number of ketones is 1. The summed E-state index contributed by atoms with van der Waals surface area (Å²) in [4.78, 5) is 34.3. The van der Waals surface area contributed by atoms with Crippen molar-refractivity contribution in [2.24, 2.45) is 0 Å². The van der Waals surface area contributed by atoms with E-state index in [1.807, 2.05) is 45.0 Å². The van der Waals surface area contributed by atoms with Crippen LogP contribution in [0.1, 0.15) is 57.7 Å². The van der Waals surface area contributed by atoms with Crippen LogP contribution in [-0.4, -0.2) is 55.6 Å². The molecule has 0 aromatic carbocycles. The van der Waals surface area contributed by atoms with Crippen molar-refractivity contribution in [2.45, 2.75) is 58.7 Å². The molecule has 0 aliphatic heterocycles. The Morgan fingerprint density at radius 2 is 1.86 bits per heavy atom. The summed E-state index contributed by atoms with van der Waals surface area (Å²) >= 11 is 0. The number of allylic oxidation sites excluding steroid dienone is 1. The van der Waals surface area contributed by atoms with E-state index in [1.165, 1.54) is 7.05 Å². The molecule has 0 fully saturated rings. The van der Waals surface area contributed by atoms with Gasteiger partial charge in [-0.3, -0.25) is 14.6 Å². The highest BCUT2D eigenvalue weighted by atomic mass is 19.4. The molecule has 1 atom stereocenters. The normalized spacial score (nSPS) is 15.9. The Balaban J connectivity index is 1.44. The minimum Gasteiger partial charge on any atom is -0.335 e. The average Bonchev–Trinajstić information content (AvgIpc) is 3.24. The number of rotatable bonds is 6. The number of Topliss-reactive ketones (excluding diaryl/α,β-unsaturated/α-hetero) is 1. The molecule has 194 valence electrons. The standard InChI is InChI=1S/C27H28F3N5O2/c1-16-5-10-24(31-13-16)35-18(3)22(15-33-35)23(36)12-19-11-17(2)25(32-14-19)20-6-8-21(9-7-20)34(4)26(37)27(28,29)30/h5-6,10-11,13-15,21H,7-9,12H2,1-4H3. The number of aromatic nitrogens is 4. The summed E-state index contributed by atoms with van der Waals surface area (Å²) in [6.07, 6.45) is 3.36. The van der Waals surface area contributed by atoms with Crippen LogP contribution in [-0.2, 0) is 11.2 Å². The van der Waals surface area contributed by atoms with Gasteiger partial charge in [-0.05, 0) is 68.4 Å². The van der Waals surface area contributed by atoms with Crippen molar-refractivity contribution in [3.05, 3.63) is 76.5 Å². The van der Waals surface area contributed by atoms with Crippen molar-refractivity contribution in [3.8, 4) is 5.82 Å². The number of hydrogen-bond donors (Lipinski definition) is 0. The van der Waals surface area contributed by atoms with E-state index in [-0.39, 0.29) is 12.2 Å². The Morgan fingerprint density at radius 1 is 1.11 bits per heavy atom. The summed E-state index contributed by atoms with van der Waals surface area (Å²) < 4.78 is 39.9. The number of alkyl halides is 3. The minimum absolute atomic E-state index is 0.0816. The second-order valence-electron chi connectivity index (χ2n) is 9.43. The SMILES string of the molecule is Cc1ccc(-n2ncc(C(=O)Cc3cnc(C4=CCC(N(C)C(=O)C(F)(F)F)CC4)c(C)c3)c2C)nc1. The monoisotopic (exact) mass is 511 g/mol. The quantitative estimate of drug-likeness (QED) is 0.437. The van der Waals surface area contributed by atoms with Crippen LogP contribution in [0, 0.1) is 20.8 Å². The van der Waals surface area contributed by atoms with Gasteiger partial charge in [0, 0.05) is 31.9 Å². The van der Waals surface area contributed by atoms with Crippen LogP contribution in [0.25, 0.3) is 11.4 Å². The molecule has 10 heteroatoms. The van der Waals surface area contributed by atoms with Crippen LogP contribution >= 0.6 is 0 Å². The van der Waals surface area contributed by atoms with Crippen molar-refractivity contribution in [1.82, 2.24) is 24.6 Å². The predicted octanol–water partition coefficient (Wildman–Crippen LogP) is 4.97. The van der Waals surface area contributed by atoms with E-state index in [4.69, 9.17) is 0 Å². The lowest BCUT2D eigenvalue weighted by Crippen LogP contribution is -2.45. The largest absolute Gasteiger partial charge is 0.471 e. The number of amides is 1. The maximum atomic E-state index is 13.0. The highest BCUT2D eigenvalue weighted by Gasteiger charge is 2.43. The lowest BCUT2D eigenvalue weighted by Gasteiger charge is -2.31. The van der Waals surface area contributed by atoms with E-state index < -0.39 is 18.1 Å². The Kier molecular flexibility index (Phi) is 7.29. The van der Waals surface area contributed by atoms with Gasteiger partial charge in [0.05, 0.1) is 23.1 Å². The van der Waals surface area contributed by atoms with Crippen LogP contribution in [0.5, 0.6) is 0 Å². The fourth-order valence-electron chi connectivity index (χ4n) is 4.60. The van der Waals surface area contributed by atoms with Crippen LogP contribution in [0.4, 0.5) is 13.2 Å². The summed E-state index contributed by atoms with van der Waals surface area (Å²) in [5.74, 6) is -1.27. The Morgan fingerprint density at radius 3 is 2.46 bits per heavy atom. The summed E-state index contributed by atoms with van der Waals surface area (Å²) in [7, 11) is 1.19. The molecule has 37 heavy (non-hydrogen) atoms. The Hall–Kier alpha value is -3.82. The summed E-state index contributed by atoms with van der Waals surface area (Å²) in [6.45, 7) is 5.68. The number of halogens is 3. The second kappa shape index (κ2) is 10.3. The predicted molar refractivity (Wildman–Crippen MR) is 132 cm³/mol. The molecular weight excluding hydrogens is 483 g/mol. The van der Waals surface area contributed by atoms with Gasteiger partial charge in [-0.25, -0.2) is 9.67 Å². The Labute approximate surface area is 213 Å². The molecule has 1 aliphatic carbocycles. The third-order valence-electron chi connectivity index (χ3n) is 6.72. The van der Waals surface area contributed by atoms with Gasteiger partial charge in [0.1, 0.15) is 0 Å². The first-order valence-electron chi connectivity index (χ1n) is 12.0. The van der Waals surface area contributed by atoms with Gasteiger partial charge in [-0.15, -0.1) is 0 Å². The molecule has 0 spiro atoms. The first kappa shape index (κ1) is 26.2. The summed E-state index contributed by atoms with van der Waals surface area (Å²) in [6, 6.07) is 5.19. The molecule has 3 aromatic rings. The van der Waals surface area contributed by atoms with Gasteiger partial charge in [0.25, 0.3) is 0 Å². The molecule has 1 unspecified atom stereocenters. The van der Waals surface area contributed by atoms with Gasteiger partial charge in [0.15, 0.2) is 11.6 Å². The molecule has 3 aromatic heterocycles. The highest BCUT2D eigenvalue weighted by molar-refractivity contribution is 5.98. The van der Waals surface area contributed by atoms with Crippen molar-refractivity contribution >= 4 is 17.3 Å². The molecule has 0 saturated carbocycles. The van der Waals surface area contributed by atoms with Gasteiger partial charge in [-0.2, -0.15) is 18.3 Å². The van der Waals surface area contributed by atoms with Crippen molar-refractivity contribution in [1.29, 1.82) is 0 Å². The van der Waals surface area contributed by atoms with E-state index in [9.17, 15) is 22.8 Å². The lowest BCUT2D eigenvalue weighted by molar-refractivity contribution is -0.186. The fourth-order valence-corrected chi connectivity index (χ4v) is 4.60. The summed E-state index contributed by atoms with van der Waals surface area (Å²) in [5, 5.41) is 4.34. The molecule has 1 aliphatic rings. The van der Waals surface area contributed by atoms with E-state index in [0.717, 1.165) is 32.9 Å². The number of carbonyl (C=O) groups is 2. The minimum atomic E-state index is -4.88. The van der Waals surface area contributed by atoms with Crippen LogP contribution in [0.3, 0.4) is 0 Å². The highest BCUT2D eigenvalue weighted by Crippen LogP contribution is 2.31. The molecule has 0 N–H and O–H groups in total. The van der Waals surface area contributed by atoms with Crippen molar-refractivity contribution in [2.75, 3.05) is 7.05 Å². The zero-order valence-corrected chi connectivity index (χ0v) is 21.1. The first-order chi connectivity index (χ1) is 17.5. The molecular formula is C27H28F3N5O2. The van der Waals surface area contributed by atoms with E-state index in [0.29, 0.717) is 36.3 Å². The molecule has 0 radical (unpaired) electrons. The number of nitrogens with zero attached hydrogens (tertiary/aromatic N) is 5. The number of aryl methyl sites for hydroxylation is 2. The van der Waals surface area contributed by atoms with Crippen LogP contribution in [0.2, 0.25) is 0 Å². The smallest absolute Gasteiger partial charge is 0.335 e. The zero-order chi connectivity index (χ0) is 26.9. The van der Waals surface area contributed by atoms with Crippen molar-refractivity contribution in [3.63, 3.8) is 0 Å². The topological polar surface area (TPSA) is 81.0 Å². The number of pyridine rings is 2. The zero-order valence-electron chi connectivity index (χ0n) is 21.1. The van der Waals surface area contributed by atoms with Gasteiger partial charge in [-0.1, -0.05) is 18.2 Å². The molecule has 1 amide bonds. The van der Waals surface area contributed by atoms with E-state index in [1.54, 1.807) is 23.3 Å². The molecule has 7 nitrogen and oxygen atoms in total. The number of carbonyl (C=O) groups excluding carboxylic acids is 2. The lowest BCUT2D eigenvalue weighted by atomic mass is 9.90. The average molecular weight is 512 g/mol.